The molecule has 5 heteroatoms. The highest BCUT2D eigenvalue weighted by atomic mass is 19.1. The van der Waals surface area contributed by atoms with Crippen LogP contribution in [-0.2, 0) is 6.54 Å². The van der Waals surface area contributed by atoms with E-state index in [1.165, 1.54) is 6.07 Å². The number of rotatable bonds is 5. The summed E-state index contributed by atoms with van der Waals surface area (Å²) >= 11 is 0. The van der Waals surface area contributed by atoms with Gasteiger partial charge in [0.25, 0.3) is 5.91 Å². The third kappa shape index (κ3) is 5.06. The van der Waals surface area contributed by atoms with Crippen LogP contribution in [0.15, 0.2) is 67.0 Å². The summed E-state index contributed by atoms with van der Waals surface area (Å²) in [7, 11) is 0. The van der Waals surface area contributed by atoms with Gasteiger partial charge in [-0.3, -0.25) is 9.78 Å². The molecule has 158 valence electrons. The maximum Gasteiger partial charge on any atom is 0.255 e. The molecular weight excluding hydrogens is 389 g/mol. The number of carbonyl (C=O) groups excluding carboxylic acids is 1. The van der Waals surface area contributed by atoms with Crippen LogP contribution >= 0.6 is 0 Å². The molecule has 4 nitrogen and oxygen atoms in total. The third-order valence-electron chi connectivity index (χ3n) is 5.79. The second-order valence-corrected chi connectivity index (χ2v) is 7.88. The summed E-state index contributed by atoms with van der Waals surface area (Å²) < 4.78 is 14.3. The molecule has 0 spiro atoms. The normalized spacial score (nSPS) is 14.8. The summed E-state index contributed by atoms with van der Waals surface area (Å²) in [5.74, 6) is -0.116. The second-order valence-electron chi connectivity index (χ2n) is 7.88. The van der Waals surface area contributed by atoms with Crippen molar-refractivity contribution in [3.63, 3.8) is 0 Å². The Morgan fingerprint density at radius 3 is 2.52 bits per heavy atom. The van der Waals surface area contributed by atoms with E-state index < -0.39 is 0 Å². The van der Waals surface area contributed by atoms with E-state index in [1.54, 1.807) is 18.5 Å². The number of halogens is 1. The van der Waals surface area contributed by atoms with E-state index >= 15 is 0 Å². The molecular formula is C26H26FN3O. The van der Waals surface area contributed by atoms with Crippen molar-refractivity contribution in [3.05, 3.63) is 101 Å². The first-order valence-electron chi connectivity index (χ1n) is 10.6. The van der Waals surface area contributed by atoms with Crippen LogP contribution < -0.4 is 5.73 Å². The number of aromatic nitrogens is 1. The first kappa shape index (κ1) is 20.9. The van der Waals surface area contributed by atoms with Gasteiger partial charge in [-0.2, -0.15) is 0 Å². The number of hydrogen-bond donors (Lipinski definition) is 1. The lowest BCUT2D eigenvalue weighted by molar-refractivity contribution is 0.0712. The van der Waals surface area contributed by atoms with Crippen LogP contribution in [0.25, 0.3) is 12.2 Å². The van der Waals surface area contributed by atoms with Crippen LogP contribution in [-0.4, -0.2) is 28.9 Å². The molecule has 0 saturated carbocycles. The molecule has 4 rings (SSSR count). The van der Waals surface area contributed by atoms with Crippen LogP contribution in [0.1, 0.15) is 51.4 Å². The van der Waals surface area contributed by atoms with Crippen LogP contribution in [0, 0.1) is 5.82 Å². The topological polar surface area (TPSA) is 59.2 Å². The fraction of sp³-hybridized carbons (Fsp3) is 0.231. The maximum atomic E-state index is 14.3. The van der Waals surface area contributed by atoms with Crippen molar-refractivity contribution in [2.24, 2.45) is 5.73 Å². The Balaban J connectivity index is 1.41. The molecule has 0 atom stereocenters. The van der Waals surface area contributed by atoms with Crippen molar-refractivity contribution in [1.29, 1.82) is 0 Å². The average Bonchev–Trinajstić information content (AvgIpc) is 2.83. The molecule has 0 radical (unpaired) electrons. The Morgan fingerprint density at radius 2 is 1.77 bits per heavy atom. The fourth-order valence-corrected chi connectivity index (χ4v) is 4.03. The molecule has 0 bridgehead atoms. The fourth-order valence-electron chi connectivity index (χ4n) is 4.03. The van der Waals surface area contributed by atoms with Crippen molar-refractivity contribution in [1.82, 2.24) is 9.88 Å². The summed E-state index contributed by atoms with van der Waals surface area (Å²) in [4.78, 5) is 19.1. The van der Waals surface area contributed by atoms with Gasteiger partial charge >= 0.3 is 0 Å². The number of pyridine rings is 1. The second kappa shape index (κ2) is 9.67. The highest BCUT2D eigenvalue weighted by Crippen LogP contribution is 2.31. The molecule has 1 aliphatic heterocycles. The lowest BCUT2D eigenvalue weighted by atomic mass is 9.88. The number of likely N-dealkylation sites (tertiary alicyclic amines) is 1. The number of carbonyl (C=O) groups is 1. The van der Waals surface area contributed by atoms with Crippen LogP contribution in [0.4, 0.5) is 4.39 Å². The summed E-state index contributed by atoms with van der Waals surface area (Å²) in [5.41, 5.74) is 9.89. The molecule has 0 unspecified atom stereocenters. The zero-order chi connectivity index (χ0) is 21.6. The van der Waals surface area contributed by atoms with Gasteiger partial charge < -0.3 is 10.6 Å². The van der Waals surface area contributed by atoms with E-state index in [0.717, 1.165) is 29.5 Å². The van der Waals surface area contributed by atoms with Crippen molar-refractivity contribution in [3.8, 4) is 0 Å². The van der Waals surface area contributed by atoms with Crippen molar-refractivity contribution in [2.75, 3.05) is 13.1 Å². The van der Waals surface area contributed by atoms with Crippen molar-refractivity contribution < 1.29 is 9.18 Å². The molecule has 2 heterocycles. The molecule has 1 aliphatic rings. The summed E-state index contributed by atoms with van der Waals surface area (Å²) in [6, 6.07) is 16.9. The van der Waals surface area contributed by atoms with Gasteiger partial charge in [-0.25, -0.2) is 4.39 Å². The molecule has 3 aromatic rings. The largest absolute Gasteiger partial charge is 0.339 e. The third-order valence-corrected chi connectivity index (χ3v) is 5.79. The maximum absolute atomic E-state index is 14.3. The number of nitrogens with zero attached hydrogens (tertiary/aromatic N) is 2. The van der Waals surface area contributed by atoms with Crippen LogP contribution in [0.5, 0.6) is 0 Å². The minimum atomic E-state index is -0.191. The van der Waals surface area contributed by atoms with Crippen molar-refractivity contribution >= 4 is 18.1 Å². The molecule has 2 N–H and O–H groups in total. The number of benzene rings is 2. The van der Waals surface area contributed by atoms with Crippen LogP contribution in [0.3, 0.4) is 0 Å². The molecule has 0 aliphatic carbocycles. The zero-order valence-corrected chi connectivity index (χ0v) is 17.4. The Hall–Kier alpha value is -3.31. The van der Waals surface area contributed by atoms with Gasteiger partial charge in [0, 0.05) is 32.0 Å². The number of hydrogen-bond acceptors (Lipinski definition) is 3. The molecule has 2 aromatic carbocycles. The minimum Gasteiger partial charge on any atom is -0.339 e. The first-order valence-corrected chi connectivity index (χ1v) is 10.6. The number of piperidine rings is 1. The van der Waals surface area contributed by atoms with E-state index in [9.17, 15) is 9.18 Å². The van der Waals surface area contributed by atoms with E-state index in [-0.39, 0.29) is 17.6 Å². The lowest BCUT2D eigenvalue weighted by Crippen LogP contribution is -2.38. The Morgan fingerprint density at radius 1 is 1.03 bits per heavy atom. The Bertz CT molecular complexity index is 1070. The van der Waals surface area contributed by atoms with Gasteiger partial charge in [-0.15, -0.1) is 0 Å². The molecule has 1 saturated heterocycles. The highest BCUT2D eigenvalue weighted by Gasteiger charge is 2.26. The van der Waals surface area contributed by atoms with Crippen LogP contribution in [0.2, 0.25) is 0 Å². The van der Waals surface area contributed by atoms with Gasteiger partial charge in [-0.1, -0.05) is 54.6 Å². The van der Waals surface area contributed by atoms with Gasteiger partial charge in [0.1, 0.15) is 5.82 Å². The Labute approximate surface area is 182 Å². The monoisotopic (exact) mass is 415 g/mol. The van der Waals surface area contributed by atoms with Gasteiger partial charge in [0.15, 0.2) is 0 Å². The molecule has 1 amide bonds. The zero-order valence-electron chi connectivity index (χ0n) is 17.4. The Kier molecular flexibility index (Phi) is 6.53. The van der Waals surface area contributed by atoms with Gasteiger partial charge in [0.2, 0.25) is 0 Å². The number of nitrogens with two attached hydrogens (primary N) is 1. The van der Waals surface area contributed by atoms with E-state index in [0.29, 0.717) is 30.8 Å². The average molecular weight is 416 g/mol. The smallest absolute Gasteiger partial charge is 0.255 e. The summed E-state index contributed by atoms with van der Waals surface area (Å²) in [5, 5.41) is 0. The standard InChI is InChI=1S/C26H26FN3O/c27-25-9-8-20(16-28)15-24(25)22-10-12-30(13-11-22)26(31)23-14-21(17-29-18-23)7-6-19-4-2-1-3-5-19/h1-9,14-15,17-18,22H,10-13,16,28H2. The van der Waals surface area contributed by atoms with Gasteiger partial charge in [0.05, 0.1) is 5.56 Å². The van der Waals surface area contributed by atoms with E-state index in [1.807, 2.05) is 59.5 Å². The predicted octanol–water partition coefficient (Wildman–Crippen LogP) is 4.87. The SMILES string of the molecule is NCc1ccc(F)c(C2CCN(C(=O)c3cncc(C=Cc4ccccc4)c3)CC2)c1. The van der Waals surface area contributed by atoms with E-state index in [2.05, 4.69) is 4.98 Å². The summed E-state index contributed by atoms with van der Waals surface area (Å²) in [6.45, 7) is 1.59. The lowest BCUT2D eigenvalue weighted by Gasteiger charge is -2.32. The quantitative estimate of drug-likeness (QED) is 0.647. The molecule has 31 heavy (non-hydrogen) atoms. The predicted molar refractivity (Wildman–Crippen MR) is 122 cm³/mol. The first-order chi connectivity index (χ1) is 15.1. The highest BCUT2D eigenvalue weighted by molar-refractivity contribution is 5.94. The summed E-state index contributed by atoms with van der Waals surface area (Å²) in [6.07, 6.45) is 8.78. The van der Waals surface area contributed by atoms with Gasteiger partial charge in [-0.05, 0) is 53.1 Å². The molecule has 1 aromatic heterocycles. The van der Waals surface area contributed by atoms with Crippen molar-refractivity contribution in [2.45, 2.75) is 25.3 Å². The molecule has 1 fully saturated rings. The number of amides is 1. The minimum absolute atomic E-state index is 0.0305. The van der Waals surface area contributed by atoms with E-state index in [4.69, 9.17) is 5.73 Å².